The van der Waals surface area contributed by atoms with Gasteiger partial charge in [-0.3, -0.25) is 14.8 Å². The first kappa shape index (κ1) is 17.8. The number of nitrogens with zero attached hydrogens (tertiary/aromatic N) is 4. The predicted molar refractivity (Wildman–Crippen MR) is 103 cm³/mol. The van der Waals surface area contributed by atoms with Gasteiger partial charge in [0.25, 0.3) is 5.91 Å². The number of amides is 1. The normalized spacial score (nSPS) is 15.1. The lowest BCUT2D eigenvalue weighted by atomic mass is 10.0. The Balaban J connectivity index is 1.83. The van der Waals surface area contributed by atoms with Gasteiger partial charge < -0.3 is 14.8 Å². The monoisotopic (exact) mass is 377 g/mol. The van der Waals surface area contributed by atoms with Crippen LogP contribution in [0.4, 0.5) is 0 Å². The standard InChI is InChI=1S/C19H19N7O2/c1-3-20-9-13-11(2)23-15(17(13)14-4-7-28-26-14)8-12-18(24-25-19(12)27)16-10-21-5-6-22-16/h4-8,10,20,23H,3,9H2,1-2H3,(H,25,27). The molecule has 142 valence electrons. The molecule has 9 heteroatoms. The average molecular weight is 377 g/mol. The summed E-state index contributed by atoms with van der Waals surface area (Å²) in [7, 11) is 0. The Kier molecular flexibility index (Phi) is 4.81. The van der Waals surface area contributed by atoms with Crippen LogP contribution >= 0.6 is 0 Å². The highest BCUT2D eigenvalue weighted by Crippen LogP contribution is 2.31. The number of H-pyrrole nitrogens is 1. The molecule has 0 bridgehead atoms. The van der Waals surface area contributed by atoms with E-state index < -0.39 is 0 Å². The van der Waals surface area contributed by atoms with Gasteiger partial charge in [0.1, 0.15) is 23.4 Å². The molecule has 1 amide bonds. The molecular weight excluding hydrogens is 358 g/mol. The van der Waals surface area contributed by atoms with E-state index >= 15 is 0 Å². The minimum atomic E-state index is -0.299. The molecule has 1 aliphatic rings. The van der Waals surface area contributed by atoms with Crippen LogP contribution in [0.5, 0.6) is 0 Å². The molecule has 3 N–H and O–H groups in total. The second kappa shape index (κ2) is 7.57. The second-order valence-corrected chi connectivity index (χ2v) is 6.23. The van der Waals surface area contributed by atoms with Gasteiger partial charge in [0.15, 0.2) is 0 Å². The third-order valence-electron chi connectivity index (χ3n) is 4.46. The van der Waals surface area contributed by atoms with E-state index in [-0.39, 0.29) is 5.91 Å². The molecule has 3 aromatic rings. The van der Waals surface area contributed by atoms with Gasteiger partial charge in [-0.05, 0) is 25.1 Å². The molecule has 0 fully saturated rings. The lowest BCUT2D eigenvalue weighted by Crippen LogP contribution is -2.14. The van der Waals surface area contributed by atoms with Crippen LogP contribution in [0.25, 0.3) is 17.3 Å². The summed E-state index contributed by atoms with van der Waals surface area (Å²) in [5.74, 6) is -0.299. The van der Waals surface area contributed by atoms with Gasteiger partial charge in [0.05, 0.1) is 11.8 Å². The molecule has 0 aliphatic carbocycles. The Morgan fingerprint density at radius 1 is 1.29 bits per heavy atom. The molecule has 0 radical (unpaired) electrons. The number of carbonyl (C=O) groups excluding carboxylic acids is 1. The molecule has 4 rings (SSSR count). The van der Waals surface area contributed by atoms with Crippen LogP contribution in [-0.4, -0.2) is 38.3 Å². The van der Waals surface area contributed by atoms with E-state index in [9.17, 15) is 4.79 Å². The summed E-state index contributed by atoms with van der Waals surface area (Å²) < 4.78 is 5.05. The first-order chi connectivity index (χ1) is 13.7. The summed E-state index contributed by atoms with van der Waals surface area (Å²) in [6.45, 7) is 5.55. The minimum absolute atomic E-state index is 0.299. The number of hydrogen-bond donors (Lipinski definition) is 3. The van der Waals surface area contributed by atoms with Gasteiger partial charge in [0.2, 0.25) is 0 Å². The van der Waals surface area contributed by atoms with Crippen molar-refractivity contribution < 1.29 is 9.32 Å². The number of aromatic amines is 1. The van der Waals surface area contributed by atoms with Crippen LogP contribution in [0.1, 0.15) is 29.6 Å². The molecular formula is C19H19N7O2. The van der Waals surface area contributed by atoms with Crippen molar-refractivity contribution in [3.8, 4) is 11.3 Å². The minimum Gasteiger partial charge on any atom is -0.364 e. The van der Waals surface area contributed by atoms with E-state index in [1.54, 1.807) is 30.7 Å². The Morgan fingerprint density at radius 2 is 2.18 bits per heavy atom. The Bertz CT molecular complexity index is 1050. The zero-order valence-electron chi connectivity index (χ0n) is 15.5. The smallest absolute Gasteiger partial charge is 0.273 e. The summed E-state index contributed by atoms with van der Waals surface area (Å²) in [6.07, 6.45) is 8.00. The van der Waals surface area contributed by atoms with Crippen molar-refractivity contribution in [2.24, 2.45) is 5.10 Å². The maximum Gasteiger partial charge on any atom is 0.273 e. The molecule has 4 heterocycles. The third kappa shape index (κ3) is 3.23. The van der Waals surface area contributed by atoms with Crippen molar-refractivity contribution in [3.63, 3.8) is 0 Å². The van der Waals surface area contributed by atoms with Gasteiger partial charge in [-0.15, -0.1) is 0 Å². The number of hydrogen-bond acceptors (Lipinski definition) is 7. The fourth-order valence-electron chi connectivity index (χ4n) is 3.13. The van der Waals surface area contributed by atoms with Crippen LogP contribution in [0.15, 0.2) is 46.1 Å². The lowest BCUT2D eigenvalue weighted by molar-refractivity contribution is -0.116. The zero-order valence-corrected chi connectivity index (χ0v) is 15.5. The molecule has 28 heavy (non-hydrogen) atoms. The van der Waals surface area contributed by atoms with E-state index in [1.165, 1.54) is 6.26 Å². The third-order valence-corrected chi connectivity index (χ3v) is 4.46. The van der Waals surface area contributed by atoms with Crippen molar-refractivity contribution in [1.29, 1.82) is 0 Å². The summed E-state index contributed by atoms with van der Waals surface area (Å²) in [5, 5.41) is 11.6. The van der Waals surface area contributed by atoms with Crippen LogP contribution in [0.2, 0.25) is 0 Å². The predicted octanol–water partition coefficient (Wildman–Crippen LogP) is 1.80. The van der Waals surface area contributed by atoms with Gasteiger partial charge in [-0.2, -0.15) is 5.10 Å². The SMILES string of the molecule is CCNCc1c(C)[nH]c(C=C2C(=O)NN=C2c2cnccn2)c1-c1ccon1. The van der Waals surface area contributed by atoms with Gasteiger partial charge >= 0.3 is 0 Å². The molecule has 0 unspecified atom stereocenters. The number of aromatic nitrogens is 4. The zero-order chi connectivity index (χ0) is 19.5. The summed E-state index contributed by atoms with van der Waals surface area (Å²) >= 11 is 0. The second-order valence-electron chi connectivity index (χ2n) is 6.23. The fraction of sp³-hybridized carbons (Fsp3) is 0.211. The largest absolute Gasteiger partial charge is 0.364 e. The van der Waals surface area contributed by atoms with Crippen LogP contribution in [0, 0.1) is 6.92 Å². The average Bonchev–Trinajstić information content (AvgIpc) is 3.42. The number of hydrazone groups is 1. The van der Waals surface area contributed by atoms with Gasteiger partial charge in [-0.25, -0.2) is 5.43 Å². The van der Waals surface area contributed by atoms with E-state index in [0.717, 1.165) is 29.1 Å². The Labute approximate surface area is 161 Å². The highest BCUT2D eigenvalue weighted by atomic mass is 16.5. The van der Waals surface area contributed by atoms with Crippen molar-refractivity contribution in [2.75, 3.05) is 6.54 Å². The summed E-state index contributed by atoms with van der Waals surface area (Å²) in [6, 6.07) is 1.80. The van der Waals surface area contributed by atoms with E-state index in [0.29, 0.717) is 29.2 Å². The number of aryl methyl sites for hydroxylation is 1. The number of nitrogens with one attached hydrogen (secondary N) is 3. The van der Waals surface area contributed by atoms with Gasteiger partial charge in [0, 0.05) is 42.0 Å². The quantitative estimate of drug-likeness (QED) is 0.563. The summed E-state index contributed by atoms with van der Waals surface area (Å²) in [5.41, 5.74) is 8.26. The van der Waals surface area contributed by atoms with Gasteiger partial charge in [-0.1, -0.05) is 12.1 Å². The van der Waals surface area contributed by atoms with Crippen LogP contribution < -0.4 is 10.7 Å². The molecule has 3 aromatic heterocycles. The fourth-order valence-corrected chi connectivity index (χ4v) is 3.13. The molecule has 1 aliphatic heterocycles. The summed E-state index contributed by atoms with van der Waals surface area (Å²) in [4.78, 5) is 24.1. The van der Waals surface area contributed by atoms with Crippen LogP contribution in [0.3, 0.4) is 0 Å². The first-order valence-electron chi connectivity index (χ1n) is 8.88. The molecule has 0 saturated carbocycles. The van der Waals surface area contributed by atoms with E-state index in [1.807, 2.05) is 13.8 Å². The molecule has 9 nitrogen and oxygen atoms in total. The molecule has 0 saturated heterocycles. The first-order valence-corrected chi connectivity index (χ1v) is 8.88. The molecule has 0 aromatic carbocycles. The number of carbonyl (C=O) groups is 1. The maximum absolute atomic E-state index is 12.4. The molecule has 0 atom stereocenters. The van der Waals surface area contributed by atoms with E-state index in [2.05, 4.69) is 36.0 Å². The Morgan fingerprint density at radius 3 is 2.89 bits per heavy atom. The number of rotatable bonds is 6. The molecule has 0 spiro atoms. The van der Waals surface area contributed by atoms with E-state index in [4.69, 9.17) is 4.52 Å². The highest BCUT2D eigenvalue weighted by molar-refractivity contribution is 6.32. The van der Waals surface area contributed by atoms with Crippen molar-refractivity contribution in [2.45, 2.75) is 20.4 Å². The van der Waals surface area contributed by atoms with Crippen molar-refractivity contribution in [1.82, 2.24) is 30.9 Å². The Hall–Kier alpha value is -3.59. The topological polar surface area (TPSA) is 121 Å². The maximum atomic E-state index is 12.4. The van der Waals surface area contributed by atoms with Crippen molar-refractivity contribution in [3.05, 3.63) is 59.1 Å². The van der Waals surface area contributed by atoms with Crippen LogP contribution in [-0.2, 0) is 11.3 Å². The van der Waals surface area contributed by atoms with Crippen molar-refractivity contribution >= 4 is 17.7 Å². The lowest BCUT2D eigenvalue weighted by Gasteiger charge is -2.05. The highest BCUT2D eigenvalue weighted by Gasteiger charge is 2.27.